The zero-order chi connectivity index (χ0) is 19.7. The fourth-order valence-corrected chi connectivity index (χ4v) is 4.12. The molecule has 0 aliphatic carbocycles. The van der Waals surface area contributed by atoms with E-state index in [0.29, 0.717) is 0 Å². The SMILES string of the molecule is C[C@H](c1ccc2ccccc2c1)[C@H](Br)C(=O)N1C(=O)OC[C@@H]1c1ccccc1. The number of rotatable bonds is 4. The topological polar surface area (TPSA) is 46.6 Å². The average molecular weight is 438 g/mol. The molecular formula is C23H20BrNO3. The van der Waals surface area contributed by atoms with Gasteiger partial charge in [-0.2, -0.15) is 0 Å². The first kappa shape index (κ1) is 18.7. The second kappa shape index (κ2) is 7.76. The summed E-state index contributed by atoms with van der Waals surface area (Å²) in [4.78, 5) is 26.2. The number of cyclic esters (lactones) is 1. The Morgan fingerprint density at radius 3 is 2.46 bits per heavy atom. The highest BCUT2D eigenvalue weighted by Crippen LogP contribution is 2.34. The Kier molecular flexibility index (Phi) is 5.18. The van der Waals surface area contributed by atoms with Gasteiger partial charge in [-0.05, 0) is 21.9 Å². The molecule has 28 heavy (non-hydrogen) atoms. The van der Waals surface area contributed by atoms with E-state index in [1.54, 1.807) is 0 Å². The third kappa shape index (κ3) is 3.42. The van der Waals surface area contributed by atoms with E-state index in [1.165, 1.54) is 4.90 Å². The molecule has 0 spiro atoms. The Morgan fingerprint density at radius 2 is 1.71 bits per heavy atom. The molecule has 2 amide bonds. The Labute approximate surface area is 172 Å². The van der Waals surface area contributed by atoms with Gasteiger partial charge in [-0.15, -0.1) is 0 Å². The predicted octanol–water partition coefficient (Wildman–Crippen LogP) is 5.43. The lowest BCUT2D eigenvalue weighted by Gasteiger charge is -2.25. The van der Waals surface area contributed by atoms with Crippen molar-refractivity contribution in [2.24, 2.45) is 0 Å². The Balaban J connectivity index is 1.59. The second-order valence-electron chi connectivity index (χ2n) is 7.01. The van der Waals surface area contributed by atoms with Crippen LogP contribution in [-0.4, -0.2) is 28.3 Å². The van der Waals surface area contributed by atoms with Crippen LogP contribution in [0.15, 0.2) is 72.8 Å². The molecule has 4 rings (SSSR count). The summed E-state index contributed by atoms with van der Waals surface area (Å²) in [7, 11) is 0. The van der Waals surface area contributed by atoms with Crippen molar-refractivity contribution in [1.82, 2.24) is 4.90 Å². The van der Waals surface area contributed by atoms with Crippen molar-refractivity contribution in [2.45, 2.75) is 23.7 Å². The highest BCUT2D eigenvalue weighted by Gasteiger charge is 2.42. The molecular weight excluding hydrogens is 418 g/mol. The molecule has 1 aliphatic rings. The molecule has 0 radical (unpaired) electrons. The van der Waals surface area contributed by atoms with Gasteiger partial charge >= 0.3 is 6.09 Å². The van der Waals surface area contributed by atoms with Gasteiger partial charge in [0.05, 0.1) is 0 Å². The minimum atomic E-state index is -0.589. The molecule has 5 heteroatoms. The van der Waals surface area contributed by atoms with Crippen molar-refractivity contribution in [3.05, 3.63) is 83.9 Å². The standard InChI is InChI=1S/C23H20BrNO3/c1-15(18-12-11-16-7-5-6-10-19(16)13-18)21(24)22(26)25-20(14-28-23(25)27)17-8-3-2-4-9-17/h2-13,15,20-21H,14H2,1H3/t15-,20-,21+/m1/s1. The number of carbonyl (C=O) groups excluding carboxylic acids is 2. The Hall–Kier alpha value is -2.66. The number of hydrogen-bond donors (Lipinski definition) is 0. The van der Waals surface area contributed by atoms with Crippen molar-refractivity contribution in [3.63, 3.8) is 0 Å². The number of fused-ring (bicyclic) bond motifs is 1. The van der Waals surface area contributed by atoms with Crippen LogP contribution in [0.5, 0.6) is 0 Å². The summed E-state index contributed by atoms with van der Waals surface area (Å²) in [6, 6.07) is 23.4. The molecule has 0 unspecified atom stereocenters. The molecule has 3 aromatic carbocycles. The van der Waals surface area contributed by atoms with Crippen molar-refractivity contribution in [2.75, 3.05) is 6.61 Å². The fourth-order valence-electron chi connectivity index (χ4n) is 3.59. The van der Waals surface area contributed by atoms with Crippen LogP contribution < -0.4 is 0 Å². The molecule has 0 N–H and O–H groups in total. The highest BCUT2D eigenvalue weighted by molar-refractivity contribution is 9.10. The van der Waals surface area contributed by atoms with Crippen LogP contribution in [0.2, 0.25) is 0 Å². The molecule has 0 saturated carbocycles. The van der Waals surface area contributed by atoms with E-state index < -0.39 is 17.0 Å². The number of benzene rings is 3. The van der Waals surface area contributed by atoms with Gasteiger partial charge in [-0.25, -0.2) is 9.69 Å². The minimum absolute atomic E-state index is 0.109. The molecule has 4 nitrogen and oxygen atoms in total. The Morgan fingerprint density at radius 1 is 1.04 bits per heavy atom. The number of carbonyl (C=O) groups is 2. The molecule has 0 aromatic heterocycles. The largest absolute Gasteiger partial charge is 0.446 e. The maximum absolute atomic E-state index is 13.2. The normalized spacial score (nSPS) is 18.7. The summed E-state index contributed by atoms with van der Waals surface area (Å²) < 4.78 is 5.19. The van der Waals surface area contributed by atoms with Crippen molar-refractivity contribution < 1.29 is 14.3 Å². The van der Waals surface area contributed by atoms with E-state index in [4.69, 9.17) is 4.74 Å². The lowest BCUT2D eigenvalue weighted by molar-refractivity contribution is -0.128. The molecule has 1 heterocycles. The number of imide groups is 1. The van der Waals surface area contributed by atoms with Crippen LogP contribution in [0, 0.1) is 0 Å². The molecule has 3 atom stereocenters. The number of nitrogens with zero attached hydrogens (tertiary/aromatic N) is 1. The third-order valence-electron chi connectivity index (χ3n) is 5.27. The van der Waals surface area contributed by atoms with Gasteiger partial charge in [0.2, 0.25) is 5.91 Å². The number of hydrogen-bond acceptors (Lipinski definition) is 3. The molecule has 3 aromatic rings. The first-order valence-electron chi connectivity index (χ1n) is 9.24. The van der Waals surface area contributed by atoms with E-state index >= 15 is 0 Å². The van der Waals surface area contributed by atoms with Crippen LogP contribution in [0.25, 0.3) is 10.8 Å². The van der Waals surface area contributed by atoms with Gasteiger partial charge in [-0.1, -0.05) is 95.7 Å². The maximum Gasteiger partial charge on any atom is 0.417 e. The third-order valence-corrected chi connectivity index (χ3v) is 6.45. The minimum Gasteiger partial charge on any atom is -0.446 e. The zero-order valence-electron chi connectivity index (χ0n) is 15.4. The number of alkyl halides is 1. The first-order chi connectivity index (χ1) is 13.6. The second-order valence-corrected chi connectivity index (χ2v) is 8.00. The lowest BCUT2D eigenvalue weighted by Crippen LogP contribution is -2.40. The highest BCUT2D eigenvalue weighted by atomic mass is 79.9. The predicted molar refractivity (Wildman–Crippen MR) is 112 cm³/mol. The van der Waals surface area contributed by atoms with Gasteiger partial charge in [0.15, 0.2) is 0 Å². The van der Waals surface area contributed by atoms with Gasteiger partial charge in [-0.3, -0.25) is 4.79 Å². The zero-order valence-corrected chi connectivity index (χ0v) is 17.0. The van der Waals surface area contributed by atoms with E-state index in [0.717, 1.165) is 21.9 Å². The summed E-state index contributed by atoms with van der Waals surface area (Å²) in [6.07, 6.45) is -0.589. The number of amides is 2. The van der Waals surface area contributed by atoms with Crippen molar-refractivity contribution in [1.29, 1.82) is 0 Å². The summed E-state index contributed by atoms with van der Waals surface area (Å²) in [5.74, 6) is -0.390. The Bertz CT molecular complexity index is 1020. The average Bonchev–Trinajstić information content (AvgIpc) is 3.13. The smallest absolute Gasteiger partial charge is 0.417 e. The lowest BCUT2D eigenvalue weighted by atomic mass is 9.94. The van der Waals surface area contributed by atoms with Crippen LogP contribution in [0.4, 0.5) is 4.79 Å². The van der Waals surface area contributed by atoms with E-state index in [2.05, 4.69) is 40.2 Å². The summed E-state index contributed by atoms with van der Waals surface area (Å²) in [5, 5.41) is 2.28. The van der Waals surface area contributed by atoms with Gasteiger partial charge in [0, 0.05) is 5.92 Å². The van der Waals surface area contributed by atoms with Crippen LogP contribution >= 0.6 is 15.9 Å². The monoisotopic (exact) mass is 437 g/mol. The number of halogens is 1. The van der Waals surface area contributed by atoms with Crippen LogP contribution in [-0.2, 0) is 9.53 Å². The molecule has 1 fully saturated rings. The van der Waals surface area contributed by atoms with E-state index in [1.807, 2.05) is 55.5 Å². The van der Waals surface area contributed by atoms with Gasteiger partial charge in [0.25, 0.3) is 0 Å². The molecule has 0 bridgehead atoms. The number of ether oxygens (including phenoxy) is 1. The summed E-state index contributed by atoms with van der Waals surface area (Å²) in [5.41, 5.74) is 1.93. The molecule has 1 saturated heterocycles. The maximum atomic E-state index is 13.2. The van der Waals surface area contributed by atoms with Crippen LogP contribution in [0.1, 0.15) is 30.0 Å². The van der Waals surface area contributed by atoms with Crippen molar-refractivity contribution >= 4 is 38.7 Å². The summed E-state index contributed by atoms with van der Waals surface area (Å²) >= 11 is 3.55. The quantitative estimate of drug-likeness (QED) is 0.511. The van der Waals surface area contributed by atoms with E-state index in [-0.39, 0.29) is 18.4 Å². The first-order valence-corrected chi connectivity index (χ1v) is 10.2. The van der Waals surface area contributed by atoms with Crippen molar-refractivity contribution in [3.8, 4) is 0 Å². The van der Waals surface area contributed by atoms with Gasteiger partial charge in [0.1, 0.15) is 17.5 Å². The molecule has 142 valence electrons. The van der Waals surface area contributed by atoms with E-state index in [9.17, 15) is 9.59 Å². The van der Waals surface area contributed by atoms with Gasteiger partial charge < -0.3 is 4.74 Å². The fraction of sp³-hybridized carbons (Fsp3) is 0.217. The molecule has 1 aliphatic heterocycles. The van der Waals surface area contributed by atoms with Crippen LogP contribution in [0.3, 0.4) is 0 Å². The summed E-state index contributed by atoms with van der Waals surface area (Å²) in [6.45, 7) is 2.17.